The molecule has 1 heterocycles. The molecule has 1 aliphatic heterocycles. The first-order valence-electron chi connectivity index (χ1n) is 15.2. The van der Waals surface area contributed by atoms with Crippen LogP contribution in [0.3, 0.4) is 0 Å². The van der Waals surface area contributed by atoms with Crippen molar-refractivity contribution in [3.8, 4) is 6.07 Å². The molecule has 0 saturated carbocycles. The molecule has 1 N–H and O–H groups in total. The molecule has 0 unspecified atom stereocenters. The Bertz CT molecular complexity index is 1310. The van der Waals surface area contributed by atoms with Gasteiger partial charge in [-0.3, -0.25) is 0 Å². The number of nitrogens with one attached hydrogen (secondary N) is 1. The van der Waals surface area contributed by atoms with E-state index in [0.29, 0.717) is 77.2 Å². The van der Waals surface area contributed by atoms with Gasteiger partial charge in [0.2, 0.25) is 0 Å². The van der Waals surface area contributed by atoms with Crippen molar-refractivity contribution in [2.45, 2.75) is 26.2 Å². The number of sulfonamides is 1. The van der Waals surface area contributed by atoms with Gasteiger partial charge < -0.3 is 33.3 Å². The number of nitriles is 1. The number of fused-ring (bicyclic) bond motifs is 1. The van der Waals surface area contributed by atoms with E-state index in [1.165, 1.54) is 24.9 Å². The number of ether oxygens (including phenoxy) is 6. The predicted molar refractivity (Wildman–Crippen MR) is 171 cm³/mol. The molecule has 3 rings (SSSR count). The molecule has 0 radical (unpaired) electrons. The van der Waals surface area contributed by atoms with E-state index in [0.717, 1.165) is 23.9 Å². The van der Waals surface area contributed by atoms with Crippen LogP contribution in [0.5, 0.6) is 0 Å². The lowest BCUT2D eigenvalue weighted by Crippen LogP contribution is -2.29. The summed E-state index contributed by atoms with van der Waals surface area (Å²) >= 11 is 0. The molecule has 1 fully saturated rings. The Morgan fingerprint density at radius 3 is 1.86 bits per heavy atom. The number of rotatable bonds is 22. The zero-order valence-corrected chi connectivity index (χ0v) is 26.9. The molecule has 44 heavy (non-hydrogen) atoms. The fourth-order valence-electron chi connectivity index (χ4n) is 4.74. The zero-order chi connectivity index (χ0) is 31.5. The van der Waals surface area contributed by atoms with Crippen molar-refractivity contribution >= 4 is 32.1 Å². The molecule has 0 bridgehead atoms. The topological polar surface area (TPSA) is 129 Å². The molecular formula is C32H47N3O8S. The van der Waals surface area contributed by atoms with E-state index < -0.39 is 10.0 Å². The Labute approximate surface area is 262 Å². The molecule has 2 aromatic rings. The van der Waals surface area contributed by atoms with Gasteiger partial charge in [0, 0.05) is 32.4 Å². The summed E-state index contributed by atoms with van der Waals surface area (Å²) < 4.78 is 60.2. The third-order valence-electron chi connectivity index (χ3n) is 7.15. The molecule has 1 aliphatic rings. The van der Waals surface area contributed by atoms with Crippen molar-refractivity contribution in [3.05, 3.63) is 46.9 Å². The van der Waals surface area contributed by atoms with Gasteiger partial charge in [-0.1, -0.05) is 18.2 Å². The first-order valence-corrected chi connectivity index (χ1v) is 16.7. The minimum absolute atomic E-state index is 0.0400. The smallest absolute Gasteiger partial charge is 0.251 e. The van der Waals surface area contributed by atoms with Crippen LogP contribution in [0.4, 0.5) is 5.69 Å². The van der Waals surface area contributed by atoms with Gasteiger partial charge in [0.25, 0.3) is 10.0 Å². The molecule has 0 atom stereocenters. The Morgan fingerprint density at radius 1 is 0.773 bits per heavy atom. The van der Waals surface area contributed by atoms with Crippen LogP contribution in [-0.4, -0.2) is 108 Å². The molecule has 0 aromatic heterocycles. The van der Waals surface area contributed by atoms with Crippen LogP contribution in [0, 0.1) is 11.3 Å². The highest BCUT2D eigenvalue weighted by Crippen LogP contribution is 2.29. The van der Waals surface area contributed by atoms with Crippen LogP contribution in [0.15, 0.2) is 41.3 Å². The lowest BCUT2D eigenvalue weighted by molar-refractivity contribution is -0.0143. The van der Waals surface area contributed by atoms with Crippen molar-refractivity contribution in [2.24, 2.45) is 0 Å². The normalized spacial score (nSPS) is 14.5. The summed E-state index contributed by atoms with van der Waals surface area (Å²) in [6, 6.07) is 14.0. The maximum atomic E-state index is 12.9. The summed E-state index contributed by atoms with van der Waals surface area (Å²) in [5.74, 6) is 0. The summed E-state index contributed by atoms with van der Waals surface area (Å²) in [4.78, 5) is 2.11. The van der Waals surface area contributed by atoms with E-state index in [1.54, 1.807) is 14.0 Å². The molecule has 0 amide bonds. The maximum absolute atomic E-state index is 12.9. The van der Waals surface area contributed by atoms with E-state index in [-0.39, 0.29) is 18.1 Å². The summed E-state index contributed by atoms with van der Waals surface area (Å²) in [6.07, 6.45) is 3.70. The Kier molecular flexibility index (Phi) is 16.7. The van der Waals surface area contributed by atoms with Crippen molar-refractivity contribution < 1.29 is 36.8 Å². The molecule has 12 heteroatoms. The average molecular weight is 634 g/mol. The Balaban J connectivity index is 1.32. The van der Waals surface area contributed by atoms with Gasteiger partial charge in [0.1, 0.15) is 6.07 Å². The van der Waals surface area contributed by atoms with Gasteiger partial charge >= 0.3 is 0 Å². The highest BCUT2D eigenvalue weighted by molar-refractivity contribution is 7.93. The van der Waals surface area contributed by atoms with Crippen LogP contribution < -0.4 is 9.62 Å². The monoisotopic (exact) mass is 633 g/mol. The first-order chi connectivity index (χ1) is 21.5. The minimum atomic E-state index is -4.00. The third kappa shape index (κ3) is 12.4. The standard InChI is InChI=1S/C32H47N3O8S/c1-27(28-6-7-30-25-31(9-8-29(30)24-28)35-11-4-3-5-12-35)32(26-33)44(36,37)34-10-13-39-16-17-41-20-21-43-23-22-42-19-18-40-15-14-38-2/h6-9,24-25,34H,3-5,10-23H2,1-2H3/b32-27+. The van der Waals surface area contributed by atoms with Crippen LogP contribution in [-0.2, 0) is 38.4 Å². The second kappa shape index (κ2) is 20.4. The molecule has 1 saturated heterocycles. The Hall–Kier alpha value is -2.60. The van der Waals surface area contributed by atoms with E-state index in [2.05, 4.69) is 27.8 Å². The van der Waals surface area contributed by atoms with Gasteiger partial charge in [-0.25, -0.2) is 13.1 Å². The quantitative estimate of drug-likeness (QED) is 0.151. The number of hydrogen-bond donors (Lipinski definition) is 1. The van der Waals surface area contributed by atoms with Crippen molar-refractivity contribution in [2.75, 3.05) is 104 Å². The number of nitrogens with zero attached hydrogens (tertiary/aromatic N) is 2. The minimum Gasteiger partial charge on any atom is -0.382 e. The largest absolute Gasteiger partial charge is 0.382 e. The number of benzene rings is 2. The second-order valence-corrected chi connectivity index (χ2v) is 12.0. The van der Waals surface area contributed by atoms with E-state index in [1.807, 2.05) is 24.3 Å². The first kappa shape index (κ1) is 35.9. The SMILES string of the molecule is COCCOCCOCCOCCOCCOCCNS(=O)(=O)/C(C#N)=C(\C)c1ccc2cc(N3CCCCC3)ccc2c1. The van der Waals surface area contributed by atoms with E-state index >= 15 is 0 Å². The summed E-state index contributed by atoms with van der Waals surface area (Å²) in [5, 5.41) is 11.8. The van der Waals surface area contributed by atoms with Gasteiger partial charge in [0.05, 0.1) is 72.7 Å². The van der Waals surface area contributed by atoms with Crippen LogP contribution in [0.2, 0.25) is 0 Å². The number of allylic oxidation sites excluding steroid dienone is 2. The van der Waals surface area contributed by atoms with Crippen LogP contribution >= 0.6 is 0 Å². The van der Waals surface area contributed by atoms with Gasteiger partial charge in [-0.2, -0.15) is 5.26 Å². The molecule has 2 aromatic carbocycles. The number of anilines is 1. The molecule has 244 valence electrons. The Morgan fingerprint density at radius 2 is 1.30 bits per heavy atom. The van der Waals surface area contributed by atoms with Gasteiger partial charge in [-0.05, 0) is 66.3 Å². The van der Waals surface area contributed by atoms with Gasteiger partial charge in [0.15, 0.2) is 4.91 Å². The zero-order valence-electron chi connectivity index (χ0n) is 26.1. The lowest BCUT2D eigenvalue weighted by atomic mass is 10.0. The highest BCUT2D eigenvalue weighted by Gasteiger charge is 2.21. The predicted octanol–water partition coefficient (Wildman–Crippen LogP) is 3.73. The summed E-state index contributed by atoms with van der Waals surface area (Å²) in [6.45, 7) is 8.62. The second-order valence-electron chi connectivity index (χ2n) is 10.3. The fraction of sp³-hybridized carbons (Fsp3) is 0.594. The fourth-order valence-corrected chi connectivity index (χ4v) is 5.87. The van der Waals surface area contributed by atoms with E-state index in [9.17, 15) is 13.7 Å². The number of piperidine rings is 1. The summed E-state index contributed by atoms with van der Waals surface area (Å²) in [5.41, 5.74) is 2.30. The van der Waals surface area contributed by atoms with E-state index in [4.69, 9.17) is 28.4 Å². The number of methoxy groups -OCH3 is 1. The van der Waals surface area contributed by atoms with Crippen molar-refractivity contribution in [1.29, 1.82) is 5.26 Å². The molecular weight excluding hydrogens is 586 g/mol. The van der Waals surface area contributed by atoms with Crippen molar-refractivity contribution in [3.63, 3.8) is 0 Å². The van der Waals surface area contributed by atoms with Crippen LogP contribution in [0.25, 0.3) is 16.3 Å². The average Bonchev–Trinajstić information content (AvgIpc) is 3.04. The van der Waals surface area contributed by atoms with Crippen LogP contribution in [0.1, 0.15) is 31.7 Å². The lowest BCUT2D eigenvalue weighted by Gasteiger charge is -2.29. The molecule has 0 spiro atoms. The molecule has 11 nitrogen and oxygen atoms in total. The maximum Gasteiger partial charge on any atom is 0.251 e. The third-order valence-corrected chi connectivity index (χ3v) is 8.67. The van der Waals surface area contributed by atoms with Crippen molar-refractivity contribution in [1.82, 2.24) is 4.72 Å². The number of hydrogen-bond acceptors (Lipinski definition) is 10. The summed E-state index contributed by atoms with van der Waals surface area (Å²) in [7, 11) is -2.37. The van der Waals surface area contributed by atoms with Gasteiger partial charge in [-0.15, -0.1) is 0 Å². The molecule has 0 aliphatic carbocycles. The highest BCUT2D eigenvalue weighted by atomic mass is 32.2.